The molecular weight excluding hydrogens is 276 g/mol. The number of amides is 2. The number of anilines is 1. The normalized spacial score (nSPS) is 11.4. The molecule has 2 N–H and O–H groups in total. The van der Waals surface area contributed by atoms with Gasteiger partial charge in [-0.3, -0.25) is 9.59 Å². The molecule has 0 aliphatic carbocycles. The maximum atomic E-state index is 12.6. The van der Waals surface area contributed by atoms with E-state index in [-0.39, 0.29) is 17.9 Å². The Morgan fingerprint density at radius 3 is 1.95 bits per heavy atom. The van der Waals surface area contributed by atoms with E-state index in [0.717, 1.165) is 29.7 Å². The summed E-state index contributed by atoms with van der Waals surface area (Å²) in [6.07, 6.45) is 1.67. The van der Waals surface area contributed by atoms with E-state index in [1.807, 2.05) is 32.0 Å². The first-order valence-electron chi connectivity index (χ1n) is 7.97. The molecule has 0 radical (unpaired) electrons. The van der Waals surface area contributed by atoms with Crippen LogP contribution in [0.5, 0.6) is 0 Å². The van der Waals surface area contributed by atoms with E-state index in [1.54, 1.807) is 13.8 Å². The Kier molecular flexibility index (Phi) is 6.15. The van der Waals surface area contributed by atoms with E-state index in [4.69, 9.17) is 0 Å². The zero-order valence-electron chi connectivity index (χ0n) is 14.5. The molecule has 1 rings (SSSR count). The van der Waals surface area contributed by atoms with E-state index < -0.39 is 5.41 Å². The van der Waals surface area contributed by atoms with Gasteiger partial charge in [-0.05, 0) is 51.7 Å². The van der Waals surface area contributed by atoms with Crippen molar-refractivity contribution in [3.05, 3.63) is 29.3 Å². The number of para-hydroxylation sites is 1. The average molecular weight is 304 g/mol. The third-order valence-electron chi connectivity index (χ3n) is 3.79. The lowest BCUT2D eigenvalue weighted by Gasteiger charge is -2.25. The van der Waals surface area contributed by atoms with Crippen LogP contribution in [0.3, 0.4) is 0 Å². The molecule has 0 saturated heterocycles. The molecule has 4 nitrogen and oxygen atoms in total. The van der Waals surface area contributed by atoms with Crippen LogP contribution in [0, 0.1) is 5.41 Å². The first-order chi connectivity index (χ1) is 10.2. The molecule has 0 bridgehead atoms. The molecule has 0 atom stereocenters. The van der Waals surface area contributed by atoms with E-state index in [9.17, 15) is 9.59 Å². The Bertz CT molecular complexity index is 526. The van der Waals surface area contributed by atoms with Crippen molar-refractivity contribution in [1.82, 2.24) is 5.32 Å². The first kappa shape index (κ1) is 18.2. The van der Waals surface area contributed by atoms with Crippen LogP contribution in [0.4, 0.5) is 5.69 Å². The minimum absolute atomic E-state index is 0.00806. The van der Waals surface area contributed by atoms with Crippen molar-refractivity contribution in [3.63, 3.8) is 0 Å². The third-order valence-corrected chi connectivity index (χ3v) is 3.79. The highest BCUT2D eigenvalue weighted by Crippen LogP contribution is 2.26. The Balaban J connectivity index is 3.04. The number of carbonyl (C=O) groups is 2. The molecule has 0 heterocycles. The summed E-state index contributed by atoms with van der Waals surface area (Å²) in [6, 6.07) is 6.03. The highest BCUT2D eigenvalue weighted by molar-refractivity contribution is 6.10. The molecule has 2 amide bonds. The van der Waals surface area contributed by atoms with Crippen molar-refractivity contribution in [2.75, 3.05) is 5.32 Å². The van der Waals surface area contributed by atoms with Gasteiger partial charge in [0.2, 0.25) is 11.8 Å². The fraction of sp³-hybridized carbons (Fsp3) is 0.556. The summed E-state index contributed by atoms with van der Waals surface area (Å²) >= 11 is 0. The van der Waals surface area contributed by atoms with Crippen LogP contribution in [0.2, 0.25) is 0 Å². The summed E-state index contributed by atoms with van der Waals surface area (Å²) in [4.78, 5) is 24.9. The second kappa shape index (κ2) is 7.43. The smallest absolute Gasteiger partial charge is 0.239 e. The van der Waals surface area contributed by atoms with Crippen LogP contribution < -0.4 is 10.6 Å². The topological polar surface area (TPSA) is 58.2 Å². The molecule has 0 aromatic heterocycles. The molecule has 22 heavy (non-hydrogen) atoms. The largest absolute Gasteiger partial charge is 0.353 e. The maximum absolute atomic E-state index is 12.6. The predicted molar refractivity (Wildman–Crippen MR) is 90.9 cm³/mol. The van der Waals surface area contributed by atoms with Gasteiger partial charge >= 0.3 is 0 Å². The van der Waals surface area contributed by atoms with Crippen LogP contribution in [0.15, 0.2) is 18.2 Å². The Hall–Kier alpha value is -1.84. The summed E-state index contributed by atoms with van der Waals surface area (Å²) in [5.41, 5.74) is 1.92. The number of rotatable bonds is 6. The van der Waals surface area contributed by atoms with Crippen molar-refractivity contribution in [3.8, 4) is 0 Å². The van der Waals surface area contributed by atoms with Crippen LogP contribution >= 0.6 is 0 Å². The van der Waals surface area contributed by atoms with E-state index in [0.29, 0.717) is 0 Å². The second-order valence-electron chi connectivity index (χ2n) is 6.37. The number of benzene rings is 1. The van der Waals surface area contributed by atoms with Gasteiger partial charge < -0.3 is 10.6 Å². The van der Waals surface area contributed by atoms with Gasteiger partial charge in [0.1, 0.15) is 5.41 Å². The zero-order valence-corrected chi connectivity index (χ0v) is 14.5. The SMILES string of the molecule is CCc1cccc(CC)c1NC(=O)C(C)(C)C(=O)NC(C)C. The fourth-order valence-electron chi connectivity index (χ4n) is 2.22. The summed E-state index contributed by atoms with van der Waals surface area (Å²) in [5, 5.41) is 5.78. The van der Waals surface area contributed by atoms with Gasteiger partial charge in [-0.15, -0.1) is 0 Å². The monoisotopic (exact) mass is 304 g/mol. The Labute approximate surface area is 133 Å². The van der Waals surface area contributed by atoms with Gasteiger partial charge in [0, 0.05) is 11.7 Å². The highest BCUT2D eigenvalue weighted by Gasteiger charge is 2.36. The summed E-state index contributed by atoms with van der Waals surface area (Å²) in [5.74, 6) is -0.534. The zero-order chi connectivity index (χ0) is 16.9. The third kappa shape index (κ3) is 4.09. The van der Waals surface area contributed by atoms with Crippen LogP contribution in [-0.2, 0) is 22.4 Å². The van der Waals surface area contributed by atoms with Crippen LogP contribution in [-0.4, -0.2) is 17.9 Å². The van der Waals surface area contributed by atoms with E-state index >= 15 is 0 Å². The van der Waals surface area contributed by atoms with Crippen molar-refractivity contribution in [2.24, 2.45) is 5.41 Å². The molecule has 0 unspecified atom stereocenters. The molecule has 0 saturated carbocycles. The van der Waals surface area contributed by atoms with Gasteiger partial charge in [-0.1, -0.05) is 32.0 Å². The van der Waals surface area contributed by atoms with Crippen LogP contribution in [0.25, 0.3) is 0 Å². The molecular formula is C18H28N2O2. The lowest BCUT2D eigenvalue weighted by atomic mass is 9.90. The molecule has 0 fully saturated rings. The van der Waals surface area contributed by atoms with Crippen molar-refractivity contribution in [1.29, 1.82) is 0 Å². The van der Waals surface area contributed by atoms with E-state index in [1.165, 1.54) is 0 Å². The number of carbonyl (C=O) groups excluding carboxylic acids is 2. The highest BCUT2D eigenvalue weighted by atomic mass is 16.2. The number of aryl methyl sites for hydroxylation is 2. The quantitative estimate of drug-likeness (QED) is 0.792. The standard InChI is InChI=1S/C18H28N2O2/c1-7-13-10-9-11-14(8-2)15(13)20-17(22)18(5,6)16(21)19-12(3)4/h9-12H,7-8H2,1-6H3,(H,19,21)(H,20,22). The molecule has 0 aliphatic rings. The molecule has 0 aliphatic heterocycles. The molecule has 1 aromatic rings. The first-order valence-corrected chi connectivity index (χ1v) is 7.97. The number of hydrogen-bond donors (Lipinski definition) is 2. The second-order valence-corrected chi connectivity index (χ2v) is 6.37. The average Bonchev–Trinajstić information content (AvgIpc) is 2.46. The van der Waals surface area contributed by atoms with Crippen molar-refractivity contribution < 1.29 is 9.59 Å². The number of hydrogen-bond acceptors (Lipinski definition) is 2. The Morgan fingerprint density at radius 2 is 1.55 bits per heavy atom. The molecule has 4 heteroatoms. The minimum atomic E-state index is -1.11. The van der Waals surface area contributed by atoms with Crippen LogP contribution in [0.1, 0.15) is 52.7 Å². The maximum Gasteiger partial charge on any atom is 0.239 e. The number of nitrogens with one attached hydrogen (secondary N) is 2. The van der Waals surface area contributed by atoms with Gasteiger partial charge in [-0.25, -0.2) is 0 Å². The molecule has 122 valence electrons. The van der Waals surface area contributed by atoms with Crippen molar-refractivity contribution >= 4 is 17.5 Å². The molecule has 1 aromatic carbocycles. The minimum Gasteiger partial charge on any atom is -0.353 e. The summed E-state index contributed by atoms with van der Waals surface area (Å²) in [7, 11) is 0. The van der Waals surface area contributed by atoms with Gasteiger partial charge in [-0.2, -0.15) is 0 Å². The summed E-state index contributed by atoms with van der Waals surface area (Å²) in [6.45, 7) is 11.2. The predicted octanol–water partition coefficient (Wildman–Crippen LogP) is 3.30. The fourth-order valence-corrected chi connectivity index (χ4v) is 2.22. The van der Waals surface area contributed by atoms with Gasteiger partial charge in [0.25, 0.3) is 0 Å². The lowest BCUT2D eigenvalue weighted by Crippen LogP contribution is -2.47. The van der Waals surface area contributed by atoms with Gasteiger partial charge in [0.05, 0.1) is 0 Å². The van der Waals surface area contributed by atoms with E-state index in [2.05, 4.69) is 24.5 Å². The molecule has 0 spiro atoms. The van der Waals surface area contributed by atoms with Crippen molar-refractivity contribution in [2.45, 2.75) is 60.4 Å². The Morgan fingerprint density at radius 1 is 1.05 bits per heavy atom. The van der Waals surface area contributed by atoms with Gasteiger partial charge in [0.15, 0.2) is 0 Å². The summed E-state index contributed by atoms with van der Waals surface area (Å²) < 4.78 is 0. The lowest BCUT2D eigenvalue weighted by molar-refractivity contribution is -0.138.